The Morgan fingerprint density at radius 2 is 1.96 bits per heavy atom. The van der Waals surface area contributed by atoms with Crippen LogP contribution in [-0.2, 0) is 14.1 Å². The molecule has 2 aromatic rings. The molecule has 3 heterocycles. The molecule has 0 N–H and O–H groups in total. The Bertz CT molecular complexity index is 813. The van der Waals surface area contributed by atoms with E-state index >= 15 is 0 Å². The summed E-state index contributed by atoms with van der Waals surface area (Å²) in [7, 11) is -0.480. The van der Waals surface area contributed by atoms with Crippen LogP contribution in [0.1, 0.15) is 40.3 Å². The minimum Gasteiger partial charge on any atom is -0.400 e. The number of aromatic nitrogens is 2. The summed E-state index contributed by atoms with van der Waals surface area (Å²) in [5.74, 6) is 0.520. The van der Waals surface area contributed by atoms with Crippen molar-refractivity contribution in [2.24, 2.45) is 0 Å². The number of hydrogen-bond acceptors (Lipinski definition) is 5. The third-order valence-corrected chi connectivity index (χ3v) is 5.66. The lowest BCUT2D eigenvalue weighted by Gasteiger charge is -2.32. The Labute approximate surface area is 152 Å². The fraction of sp³-hybridized carbons (Fsp3) is 0.444. The highest BCUT2D eigenvalue weighted by Crippen LogP contribution is 2.39. The predicted octanol–water partition coefficient (Wildman–Crippen LogP) is 3.63. The summed E-state index contributed by atoms with van der Waals surface area (Å²) in [6.07, 6.45) is 5.80. The number of thioether (sulfide) groups is 1. The van der Waals surface area contributed by atoms with Crippen LogP contribution in [0.4, 0.5) is 0 Å². The summed E-state index contributed by atoms with van der Waals surface area (Å²) in [5, 5.41) is 0.0700. The molecule has 1 saturated heterocycles. The van der Waals surface area contributed by atoms with Crippen molar-refractivity contribution < 1.29 is 14.1 Å². The molecule has 0 aromatic carbocycles. The molecule has 3 rings (SSSR count). The molecule has 0 spiro atoms. The van der Waals surface area contributed by atoms with Gasteiger partial charge in [0.15, 0.2) is 5.12 Å². The van der Waals surface area contributed by atoms with E-state index in [-0.39, 0.29) is 5.12 Å². The molecule has 132 valence electrons. The highest BCUT2D eigenvalue weighted by Gasteiger charge is 2.52. The predicted molar refractivity (Wildman–Crippen MR) is 102 cm³/mol. The van der Waals surface area contributed by atoms with Gasteiger partial charge >= 0.3 is 7.12 Å². The summed E-state index contributed by atoms with van der Waals surface area (Å²) in [6, 6.07) is 5.87. The molecule has 25 heavy (non-hydrogen) atoms. The van der Waals surface area contributed by atoms with E-state index in [1.807, 2.05) is 68.8 Å². The summed E-state index contributed by atoms with van der Waals surface area (Å²) in [5.41, 5.74) is 1.89. The second-order valence-corrected chi connectivity index (χ2v) is 8.35. The largest absolute Gasteiger partial charge is 0.491 e. The maximum atomic E-state index is 11.5. The maximum absolute atomic E-state index is 11.5. The molecule has 7 heteroatoms. The minimum atomic E-state index is -0.480. The quantitative estimate of drug-likeness (QED) is 0.782. The molecule has 5 nitrogen and oxygen atoms in total. The second-order valence-electron chi connectivity index (χ2n) is 7.20. The van der Waals surface area contributed by atoms with Crippen LogP contribution < -0.4 is 0 Å². The van der Waals surface area contributed by atoms with Gasteiger partial charge in [-0.1, -0.05) is 17.8 Å². The fourth-order valence-electron chi connectivity index (χ4n) is 2.61. The van der Waals surface area contributed by atoms with Crippen molar-refractivity contribution >= 4 is 35.7 Å². The van der Waals surface area contributed by atoms with Crippen LogP contribution in [0, 0.1) is 0 Å². The van der Waals surface area contributed by atoms with E-state index < -0.39 is 18.3 Å². The standard InChI is InChI=1S/C18H23BN2O3S/c1-13(22)25-12-14(19-23-17(2,3)18(4,5)24-19)10-15-11-20-16-8-6-7-9-21(15)16/h6-11H,12H2,1-5H3. The van der Waals surface area contributed by atoms with Gasteiger partial charge in [-0.25, -0.2) is 4.98 Å². The van der Waals surface area contributed by atoms with Crippen LogP contribution in [0.15, 0.2) is 36.1 Å². The van der Waals surface area contributed by atoms with Gasteiger partial charge in [-0.15, -0.1) is 0 Å². The number of carbonyl (C=O) groups excluding carboxylic acids is 1. The first kappa shape index (κ1) is 18.2. The number of imidazole rings is 1. The third kappa shape index (κ3) is 3.68. The topological polar surface area (TPSA) is 52.8 Å². The zero-order valence-electron chi connectivity index (χ0n) is 15.3. The number of pyridine rings is 1. The molecule has 0 bridgehead atoms. The lowest BCUT2D eigenvalue weighted by atomic mass is 9.78. The Morgan fingerprint density at radius 3 is 2.60 bits per heavy atom. The molecule has 2 aromatic heterocycles. The molecule has 1 aliphatic rings. The average molecular weight is 358 g/mol. The molecule has 1 fully saturated rings. The Kier molecular flexibility index (Phi) is 4.83. The molecular formula is C18H23BN2O3S. The minimum absolute atomic E-state index is 0.0700. The summed E-state index contributed by atoms with van der Waals surface area (Å²) < 4.78 is 14.4. The maximum Gasteiger partial charge on any atom is 0.491 e. The number of hydrogen-bond donors (Lipinski definition) is 0. The van der Waals surface area contributed by atoms with E-state index in [4.69, 9.17) is 9.31 Å². The SMILES string of the molecule is CC(=O)SCC(=Cc1cnc2ccccn12)B1OC(C)(C)C(C)(C)O1. The summed E-state index contributed by atoms with van der Waals surface area (Å²) >= 11 is 1.26. The smallest absolute Gasteiger partial charge is 0.400 e. The molecule has 0 aliphatic carbocycles. The van der Waals surface area contributed by atoms with Crippen molar-refractivity contribution in [2.75, 3.05) is 5.75 Å². The zero-order valence-corrected chi connectivity index (χ0v) is 16.1. The van der Waals surface area contributed by atoms with Crippen LogP contribution in [-0.4, -0.2) is 38.6 Å². The molecule has 0 amide bonds. The van der Waals surface area contributed by atoms with Crippen molar-refractivity contribution in [3.8, 4) is 0 Å². The first-order chi connectivity index (χ1) is 11.7. The van der Waals surface area contributed by atoms with Gasteiger partial charge in [-0.3, -0.25) is 4.79 Å². The molecule has 0 saturated carbocycles. The summed E-state index contributed by atoms with van der Waals surface area (Å²) in [4.78, 5) is 15.9. The van der Waals surface area contributed by atoms with Gasteiger partial charge in [-0.2, -0.15) is 0 Å². The average Bonchev–Trinajstić information content (AvgIpc) is 3.02. The molecule has 0 atom stereocenters. The van der Waals surface area contributed by atoms with E-state index in [1.165, 1.54) is 11.8 Å². The van der Waals surface area contributed by atoms with Gasteiger partial charge in [0.1, 0.15) is 5.65 Å². The van der Waals surface area contributed by atoms with Crippen LogP contribution in [0.25, 0.3) is 11.7 Å². The number of carbonyl (C=O) groups is 1. The number of rotatable bonds is 4. The van der Waals surface area contributed by atoms with Crippen LogP contribution in [0.3, 0.4) is 0 Å². The first-order valence-corrected chi connectivity index (χ1v) is 9.30. The van der Waals surface area contributed by atoms with Gasteiger partial charge in [-0.05, 0) is 51.4 Å². The van der Waals surface area contributed by atoms with Gasteiger partial charge in [0.2, 0.25) is 0 Å². The zero-order chi connectivity index (χ0) is 18.2. The van der Waals surface area contributed by atoms with E-state index in [2.05, 4.69) is 4.98 Å². The van der Waals surface area contributed by atoms with Crippen molar-refractivity contribution in [2.45, 2.75) is 45.8 Å². The highest BCUT2D eigenvalue weighted by molar-refractivity contribution is 8.13. The fourth-order valence-corrected chi connectivity index (χ4v) is 3.20. The Balaban J connectivity index is 1.96. The van der Waals surface area contributed by atoms with E-state index in [9.17, 15) is 4.79 Å². The van der Waals surface area contributed by atoms with Crippen molar-refractivity contribution in [3.05, 3.63) is 41.8 Å². The lowest BCUT2D eigenvalue weighted by molar-refractivity contribution is -0.109. The first-order valence-electron chi connectivity index (χ1n) is 8.31. The normalized spacial score (nSPS) is 19.6. The van der Waals surface area contributed by atoms with Crippen molar-refractivity contribution in [3.63, 3.8) is 0 Å². The molecule has 0 unspecified atom stereocenters. The molecule has 0 radical (unpaired) electrons. The monoisotopic (exact) mass is 358 g/mol. The van der Waals surface area contributed by atoms with Gasteiger partial charge < -0.3 is 13.7 Å². The van der Waals surface area contributed by atoms with Gasteiger partial charge in [0.05, 0.1) is 23.1 Å². The van der Waals surface area contributed by atoms with Crippen LogP contribution in [0.5, 0.6) is 0 Å². The lowest BCUT2D eigenvalue weighted by Crippen LogP contribution is -2.41. The molecule has 1 aliphatic heterocycles. The van der Waals surface area contributed by atoms with Gasteiger partial charge in [0, 0.05) is 18.9 Å². The number of nitrogens with zero attached hydrogens (tertiary/aromatic N) is 2. The molecular weight excluding hydrogens is 335 g/mol. The van der Waals surface area contributed by atoms with Crippen LogP contribution in [0.2, 0.25) is 0 Å². The van der Waals surface area contributed by atoms with Gasteiger partial charge in [0.25, 0.3) is 0 Å². The van der Waals surface area contributed by atoms with E-state index in [0.717, 1.165) is 16.8 Å². The number of fused-ring (bicyclic) bond motifs is 1. The third-order valence-electron chi connectivity index (χ3n) is 4.78. The highest BCUT2D eigenvalue weighted by atomic mass is 32.2. The summed E-state index contributed by atoms with van der Waals surface area (Å²) in [6.45, 7) is 9.67. The van der Waals surface area contributed by atoms with Crippen molar-refractivity contribution in [1.29, 1.82) is 0 Å². The Hall–Kier alpha value is -1.57. The Morgan fingerprint density at radius 1 is 1.28 bits per heavy atom. The van der Waals surface area contributed by atoms with Crippen LogP contribution >= 0.6 is 11.8 Å². The van der Waals surface area contributed by atoms with E-state index in [0.29, 0.717) is 5.75 Å². The second kappa shape index (κ2) is 6.63. The van der Waals surface area contributed by atoms with Crippen molar-refractivity contribution in [1.82, 2.24) is 9.38 Å². The van der Waals surface area contributed by atoms with E-state index in [1.54, 1.807) is 6.92 Å².